The third kappa shape index (κ3) is 4.15. The average Bonchev–Trinajstić information content (AvgIpc) is 3.46. The maximum absolute atomic E-state index is 5.51. The fourth-order valence-electron chi connectivity index (χ4n) is 4.52. The molecule has 8 heteroatoms. The van der Waals surface area contributed by atoms with Gasteiger partial charge in [-0.25, -0.2) is 14.5 Å². The predicted octanol–water partition coefficient (Wildman–Crippen LogP) is 6.28. The minimum Gasteiger partial charge on any atom is -0.493 e. The quantitative estimate of drug-likeness (QED) is 0.331. The van der Waals surface area contributed by atoms with Crippen LogP contribution in [0.15, 0.2) is 46.9 Å². The van der Waals surface area contributed by atoms with Crippen molar-refractivity contribution in [2.75, 3.05) is 19.5 Å². The lowest BCUT2D eigenvalue weighted by Crippen LogP contribution is -2.08. The average molecular weight is 508 g/mol. The number of aryl methyl sites for hydroxylation is 1. The van der Waals surface area contributed by atoms with Crippen molar-refractivity contribution >= 4 is 33.0 Å². The Kier molecular flexibility index (Phi) is 5.93. The normalized spacial score (nSPS) is 14.1. The zero-order valence-electron chi connectivity index (χ0n) is 18.9. The molecule has 1 aliphatic carbocycles. The summed E-state index contributed by atoms with van der Waals surface area (Å²) < 4.78 is 13.9. The Hall–Kier alpha value is -3.13. The Morgan fingerprint density at radius 2 is 1.79 bits per heavy atom. The van der Waals surface area contributed by atoms with Crippen molar-refractivity contribution in [1.29, 1.82) is 0 Å². The molecule has 4 aromatic rings. The molecule has 0 radical (unpaired) electrons. The minimum atomic E-state index is 0.415. The lowest BCUT2D eigenvalue weighted by Gasteiger charge is -2.14. The number of nitrogens with zero attached hydrogens (tertiary/aromatic N) is 4. The van der Waals surface area contributed by atoms with Crippen molar-refractivity contribution < 1.29 is 9.47 Å². The zero-order chi connectivity index (χ0) is 22.9. The molecule has 33 heavy (non-hydrogen) atoms. The van der Waals surface area contributed by atoms with Gasteiger partial charge in [0.15, 0.2) is 23.1 Å². The number of methoxy groups -OCH3 is 2. The molecule has 2 aromatic heterocycles. The van der Waals surface area contributed by atoms with E-state index in [-0.39, 0.29) is 0 Å². The van der Waals surface area contributed by atoms with Crippen molar-refractivity contribution in [3.8, 4) is 22.9 Å². The number of halogens is 1. The van der Waals surface area contributed by atoms with Crippen LogP contribution in [0.25, 0.3) is 16.9 Å². The monoisotopic (exact) mass is 507 g/mol. The van der Waals surface area contributed by atoms with E-state index in [2.05, 4.69) is 21.2 Å². The number of benzene rings is 2. The Balaban J connectivity index is 1.70. The standard InChI is InChI=1S/C25H26BrN5O2/c1-15-22-24(28-19-10-6-9-18(26)14-19)29-23(17-11-12-20(32-2)21(13-17)33-3)30-31(22)25(27-15)16-7-4-5-8-16/h6,9-14,16H,4-5,7-8H2,1-3H3,(H,28,29,30). The van der Waals surface area contributed by atoms with Crippen molar-refractivity contribution in [3.05, 3.63) is 58.5 Å². The molecule has 1 saturated carbocycles. The lowest BCUT2D eigenvalue weighted by molar-refractivity contribution is 0.355. The molecule has 1 fully saturated rings. The highest BCUT2D eigenvalue weighted by molar-refractivity contribution is 9.10. The van der Waals surface area contributed by atoms with Gasteiger partial charge in [-0.15, -0.1) is 5.10 Å². The number of nitrogens with one attached hydrogen (secondary N) is 1. The highest BCUT2D eigenvalue weighted by atomic mass is 79.9. The first-order chi connectivity index (χ1) is 16.1. The Labute approximate surface area is 201 Å². The number of ether oxygens (including phenoxy) is 2. The maximum atomic E-state index is 5.51. The molecule has 0 aliphatic heterocycles. The summed E-state index contributed by atoms with van der Waals surface area (Å²) in [4.78, 5) is 9.89. The highest BCUT2D eigenvalue weighted by Gasteiger charge is 2.26. The zero-order valence-corrected chi connectivity index (χ0v) is 20.5. The molecular formula is C25H26BrN5O2. The third-order valence-electron chi connectivity index (χ3n) is 6.14. The molecule has 2 heterocycles. The van der Waals surface area contributed by atoms with Gasteiger partial charge in [-0.05, 0) is 56.2 Å². The van der Waals surface area contributed by atoms with E-state index < -0.39 is 0 Å². The van der Waals surface area contributed by atoms with E-state index >= 15 is 0 Å². The molecule has 0 spiro atoms. The van der Waals surface area contributed by atoms with E-state index in [0.29, 0.717) is 23.2 Å². The minimum absolute atomic E-state index is 0.415. The molecule has 1 aliphatic rings. The molecule has 0 bridgehead atoms. The second kappa shape index (κ2) is 9.02. The topological polar surface area (TPSA) is 73.6 Å². The molecule has 0 amide bonds. The number of anilines is 2. The van der Waals surface area contributed by atoms with Crippen LogP contribution in [-0.4, -0.2) is 33.8 Å². The summed E-state index contributed by atoms with van der Waals surface area (Å²) in [5.74, 6) is 4.05. The van der Waals surface area contributed by atoms with E-state index in [1.807, 2.05) is 53.9 Å². The van der Waals surface area contributed by atoms with E-state index in [1.54, 1.807) is 14.2 Å². The lowest BCUT2D eigenvalue weighted by atomic mass is 10.1. The van der Waals surface area contributed by atoms with Crippen LogP contribution in [0.3, 0.4) is 0 Å². The van der Waals surface area contributed by atoms with Gasteiger partial charge in [0, 0.05) is 21.6 Å². The van der Waals surface area contributed by atoms with Crippen LogP contribution in [0, 0.1) is 6.92 Å². The van der Waals surface area contributed by atoms with Crippen molar-refractivity contribution in [2.24, 2.45) is 0 Å². The fraction of sp³-hybridized carbons (Fsp3) is 0.320. The molecule has 0 atom stereocenters. The molecule has 5 rings (SSSR count). The largest absolute Gasteiger partial charge is 0.493 e. The fourth-order valence-corrected chi connectivity index (χ4v) is 4.92. The van der Waals surface area contributed by atoms with Crippen molar-refractivity contribution in [1.82, 2.24) is 19.6 Å². The molecule has 7 nitrogen and oxygen atoms in total. The molecule has 2 aromatic carbocycles. The second-order valence-corrected chi connectivity index (χ2v) is 9.20. The van der Waals surface area contributed by atoms with Crippen molar-refractivity contribution in [3.63, 3.8) is 0 Å². The van der Waals surface area contributed by atoms with Crippen LogP contribution in [0.2, 0.25) is 0 Å². The number of imidazole rings is 1. The number of hydrogen-bond acceptors (Lipinski definition) is 6. The van der Waals surface area contributed by atoms with Gasteiger partial charge in [0.2, 0.25) is 0 Å². The summed E-state index contributed by atoms with van der Waals surface area (Å²) in [6.45, 7) is 2.03. The van der Waals surface area contributed by atoms with Crippen LogP contribution in [-0.2, 0) is 0 Å². The molecule has 1 N–H and O–H groups in total. The van der Waals surface area contributed by atoms with Crippen LogP contribution >= 0.6 is 15.9 Å². The Morgan fingerprint density at radius 1 is 1.00 bits per heavy atom. The predicted molar refractivity (Wildman–Crippen MR) is 133 cm³/mol. The van der Waals surface area contributed by atoms with E-state index in [9.17, 15) is 0 Å². The summed E-state index contributed by atoms with van der Waals surface area (Å²) >= 11 is 3.55. The number of rotatable bonds is 6. The third-order valence-corrected chi connectivity index (χ3v) is 6.63. The van der Waals surface area contributed by atoms with E-state index in [4.69, 9.17) is 24.5 Å². The maximum Gasteiger partial charge on any atom is 0.182 e. The smallest absolute Gasteiger partial charge is 0.182 e. The molecule has 0 saturated heterocycles. The summed E-state index contributed by atoms with van der Waals surface area (Å²) in [6, 6.07) is 13.8. The summed E-state index contributed by atoms with van der Waals surface area (Å²) in [6.07, 6.45) is 4.75. The van der Waals surface area contributed by atoms with Crippen LogP contribution < -0.4 is 14.8 Å². The summed E-state index contributed by atoms with van der Waals surface area (Å²) in [5.41, 5.74) is 3.61. The molecular weight excluding hydrogens is 482 g/mol. The van der Waals surface area contributed by atoms with Gasteiger partial charge in [-0.1, -0.05) is 34.8 Å². The van der Waals surface area contributed by atoms with Gasteiger partial charge in [-0.3, -0.25) is 0 Å². The van der Waals surface area contributed by atoms with Gasteiger partial charge in [0.25, 0.3) is 0 Å². The first-order valence-electron chi connectivity index (χ1n) is 11.1. The van der Waals surface area contributed by atoms with Gasteiger partial charge in [0.1, 0.15) is 11.3 Å². The first kappa shape index (κ1) is 21.7. The van der Waals surface area contributed by atoms with Gasteiger partial charge in [-0.2, -0.15) is 0 Å². The van der Waals surface area contributed by atoms with Gasteiger partial charge >= 0.3 is 0 Å². The SMILES string of the molecule is COc1ccc(-c2nc(Nc3cccc(Br)c3)c3c(C)nc(C4CCCC4)n3n2)cc1OC. The van der Waals surface area contributed by atoms with Crippen LogP contribution in [0.4, 0.5) is 11.5 Å². The Bertz CT molecular complexity index is 1310. The summed E-state index contributed by atoms with van der Waals surface area (Å²) in [5, 5.41) is 8.45. The number of fused-ring (bicyclic) bond motifs is 1. The van der Waals surface area contributed by atoms with Crippen LogP contribution in [0.5, 0.6) is 11.5 Å². The van der Waals surface area contributed by atoms with Crippen molar-refractivity contribution in [2.45, 2.75) is 38.5 Å². The second-order valence-electron chi connectivity index (χ2n) is 8.29. The molecule has 170 valence electrons. The highest BCUT2D eigenvalue weighted by Crippen LogP contribution is 2.37. The first-order valence-corrected chi connectivity index (χ1v) is 11.9. The number of hydrogen-bond donors (Lipinski definition) is 1. The van der Waals surface area contributed by atoms with E-state index in [0.717, 1.165) is 51.4 Å². The van der Waals surface area contributed by atoms with E-state index in [1.165, 1.54) is 12.8 Å². The summed E-state index contributed by atoms with van der Waals surface area (Å²) in [7, 11) is 3.26. The van der Waals surface area contributed by atoms with Gasteiger partial charge < -0.3 is 14.8 Å². The number of aromatic nitrogens is 4. The van der Waals surface area contributed by atoms with Gasteiger partial charge in [0.05, 0.1) is 19.9 Å². The molecule has 0 unspecified atom stereocenters. The van der Waals surface area contributed by atoms with Crippen LogP contribution in [0.1, 0.15) is 43.1 Å². The Morgan fingerprint density at radius 3 is 2.52 bits per heavy atom.